The minimum absolute atomic E-state index is 0.0162. The van der Waals surface area contributed by atoms with Gasteiger partial charge in [0.15, 0.2) is 0 Å². The average Bonchev–Trinajstić information content (AvgIpc) is 2.85. The van der Waals surface area contributed by atoms with Gasteiger partial charge in [0, 0.05) is 0 Å². The molecule has 1 aromatic carbocycles. The van der Waals surface area contributed by atoms with Crippen LogP contribution in [0.5, 0.6) is 0 Å². The van der Waals surface area contributed by atoms with Gasteiger partial charge in [-0.15, -0.1) is 0 Å². The van der Waals surface area contributed by atoms with E-state index >= 15 is 0 Å². The number of nitrogens with zero attached hydrogens (tertiary/aromatic N) is 1. The molecule has 1 saturated heterocycles. The SMILES string of the molecule is C[C@@H](NC(=O)[C@@H]1CCCN1C)[C@@H](O)c1ccccc1. The van der Waals surface area contributed by atoms with Crippen LogP contribution in [0.1, 0.15) is 31.4 Å². The maximum atomic E-state index is 12.1. The molecule has 1 aliphatic heterocycles. The van der Waals surface area contributed by atoms with Gasteiger partial charge >= 0.3 is 0 Å². The van der Waals surface area contributed by atoms with Gasteiger partial charge in [-0.05, 0) is 38.9 Å². The van der Waals surface area contributed by atoms with E-state index in [-0.39, 0.29) is 18.0 Å². The summed E-state index contributed by atoms with van der Waals surface area (Å²) in [5.74, 6) is 0.0162. The topological polar surface area (TPSA) is 52.6 Å². The van der Waals surface area contributed by atoms with Gasteiger partial charge in [0.1, 0.15) is 0 Å². The van der Waals surface area contributed by atoms with Crippen LogP contribution in [0.25, 0.3) is 0 Å². The van der Waals surface area contributed by atoms with Crippen LogP contribution in [-0.2, 0) is 4.79 Å². The highest BCUT2D eigenvalue weighted by Crippen LogP contribution is 2.18. The Morgan fingerprint density at radius 3 is 2.68 bits per heavy atom. The van der Waals surface area contributed by atoms with Crippen molar-refractivity contribution in [3.8, 4) is 0 Å². The van der Waals surface area contributed by atoms with Crippen LogP contribution >= 0.6 is 0 Å². The Kier molecular flexibility index (Phi) is 4.56. The molecule has 0 aromatic heterocycles. The van der Waals surface area contributed by atoms with Crippen molar-refractivity contribution in [2.75, 3.05) is 13.6 Å². The van der Waals surface area contributed by atoms with Gasteiger partial charge in [-0.3, -0.25) is 9.69 Å². The number of hydrogen-bond acceptors (Lipinski definition) is 3. The standard InChI is InChI=1S/C15H22N2O2/c1-11(14(18)12-7-4-3-5-8-12)16-15(19)13-9-6-10-17(13)2/h3-5,7-8,11,13-14,18H,6,9-10H2,1-2H3,(H,16,19)/t11-,13+,14-/m1/s1. The molecule has 0 spiro atoms. The summed E-state index contributed by atoms with van der Waals surface area (Å²) in [4.78, 5) is 14.2. The molecule has 0 saturated carbocycles. The molecule has 0 bridgehead atoms. The third-order valence-electron chi connectivity index (χ3n) is 3.81. The summed E-state index contributed by atoms with van der Waals surface area (Å²) in [7, 11) is 1.97. The lowest BCUT2D eigenvalue weighted by molar-refractivity contribution is -0.126. The number of hydrogen-bond donors (Lipinski definition) is 2. The molecule has 0 unspecified atom stereocenters. The van der Waals surface area contributed by atoms with Gasteiger partial charge in [-0.2, -0.15) is 0 Å². The van der Waals surface area contributed by atoms with Crippen LogP contribution in [-0.4, -0.2) is 41.6 Å². The number of carbonyl (C=O) groups is 1. The Hall–Kier alpha value is -1.39. The fraction of sp³-hybridized carbons (Fsp3) is 0.533. The van der Waals surface area contributed by atoms with E-state index in [4.69, 9.17) is 0 Å². The summed E-state index contributed by atoms with van der Waals surface area (Å²) in [6.07, 6.45) is 1.29. The molecular weight excluding hydrogens is 240 g/mol. The molecular formula is C15H22N2O2. The van der Waals surface area contributed by atoms with Gasteiger partial charge in [0.05, 0.1) is 18.2 Å². The predicted molar refractivity (Wildman–Crippen MR) is 74.7 cm³/mol. The van der Waals surface area contributed by atoms with Crippen LogP contribution in [0.2, 0.25) is 0 Å². The zero-order chi connectivity index (χ0) is 13.8. The van der Waals surface area contributed by atoms with E-state index in [9.17, 15) is 9.90 Å². The molecule has 19 heavy (non-hydrogen) atoms. The molecule has 3 atom stereocenters. The highest BCUT2D eigenvalue weighted by Gasteiger charge is 2.29. The molecule has 4 nitrogen and oxygen atoms in total. The lowest BCUT2D eigenvalue weighted by atomic mass is 10.0. The maximum absolute atomic E-state index is 12.1. The lowest BCUT2D eigenvalue weighted by Crippen LogP contribution is -2.46. The number of nitrogens with one attached hydrogen (secondary N) is 1. The van der Waals surface area contributed by atoms with Crippen molar-refractivity contribution in [1.29, 1.82) is 0 Å². The van der Waals surface area contributed by atoms with Crippen molar-refractivity contribution >= 4 is 5.91 Å². The van der Waals surface area contributed by atoms with Crippen molar-refractivity contribution in [3.05, 3.63) is 35.9 Å². The number of aliphatic hydroxyl groups excluding tert-OH is 1. The van der Waals surface area contributed by atoms with E-state index in [0.717, 1.165) is 24.9 Å². The van der Waals surface area contributed by atoms with Crippen LogP contribution in [0.3, 0.4) is 0 Å². The molecule has 0 aliphatic carbocycles. The normalized spacial score (nSPS) is 23.0. The summed E-state index contributed by atoms with van der Waals surface area (Å²) in [6, 6.07) is 9.08. The minimum atomic E-state index is -0.670. The van der Waals surface area contributed by atoms with Crippen molar-refractivity contribution in [2.45, 2.75) is 38.0 Å². The highest BCUT2D eigenvalue weighted by molar-refractivity contribution is 5.82. The molecule has 1 amide bonds. The molecule has 1 heterocycles. The van der Waals surface area contributed by atoms with Crippen LogP contribution in [0.4, 0.5) is 0 Å². The Labute approximate surface area is 114 Å². The molecule has 2 rings (SSSR count). The van der Waals surface area contributed by atoms with E-state index in [1.165, 1.54) is 0 Å². The summed E-state index contributed by atoms with van der Waals surface area (Å²) < 4.78 is 0. The van der Waals surface area contributed by atoms with Crippen LogP contribution in [0.15, 0.2) is 30.3 Å². The quantitative estimate of drug-likeness (QED) is 0.860. The number of rotatable bonds is 4. The van der Waals surface area contributed by atoms with Crippen LogP contribution in [0, 0.1) is 0 Å². The summed E-state index contributed by atoms with van der Waals surface area (Å²) in [5.41, 5.74) is 0.829. The number of carbonyl (C=O) groups excluding carboxylic acids is 1. The Bertz CT molecular complexity index is 421. The zero-order valence-corrected chi connectivity index (χ0v) is 11.5. The molecule has 1 fully saturated rings. The summed E-state index contributed by atoms with van der Waals surface area (Å²) in [6.45, 7) is 2.80. The molecule has 104 valence electrons. The Balaban J connectivity index is 1.93. The average molecular weight is 262 g/mol. The third kappa shape index (κ3) is 3.33. The lowest BCUT2D eigenvalue weighted by Gasteiger charge is -2.24. The van der Waals surface area contributed by atoms with E-state index < -0.39 is 6.10 Å². The summed E-state index contributed by atoms with van der Waals surface area (Å²) >= 11 is 0. The van der Waals surface area contributed by atoms with Crippen molar-refractivity contribution in [3.63, 3.8) is 0 Å². The number of likely N-dealkylation sites (N-methyl/N-ethyl adjacent to an activating group) is 1. The fourth-order valence-electron chi connectivity index (χ4n) is 2.58. The first kappa shape index (κ1) is 14.0. The van der Waals surface area contributed by atoms with E-state index in [1.807, 2.05) is 44.3 Å². The monoisotopic (exact) mass is 262 g/mol. The second-order valence-corrected chi connectivity index (χ2v) is 5.29. The van der Waals surface area contributed by atoms with Gasteiger partial charge < -0.3 is 10.4 Å². The predicted octanol–water partition coefficient (Wildman–Crippen LogP) is 1.32. The Morgan fingerprint density at radius 1 is 1.42 bits per heavy atom. The first-order valence-corrected chi connectivity index (χ1v) is 6.83. The first-order chi connectivity index (χ1) is 9.09. The minimum Gasteiger partial charge on any atom is -0.386 e. The Morgan fingerprint density at radius 2 is 2.11 bits per heavy atom. The molecule has 0 radical (unpaired) electrons. The third-order valence-corrected chi connectivity index (χ3v) is 3.81. The zero-order valence-electron chi connectivity index (χ0n) is 11.5. The highest BCUT2D eigenvalue weighted by atomic mass is 16.3. The van der Waals surface area contributed by atoms with Crippen molar-refractivity contribution in [2.24, 2.45) is 0 Å². The second-order valence-electron chi connectivity index (χ2n) is 5.29. The first-order valence-electron chi connectivity index (χ1n) is 6.83. The summed E-state index contributed by atoms with van der Waals surface area (Å²) in [5, 5.41) is 13.1. The maximum Gasteiger partial charge on any atom is 0.237 e. The van der Waals surface area contributed by atoms with Crippen molar-refractivity contribution < 1.29 is 9.90 Å². The molecule has 2 N–H and O–H groups in total. The largest absolute Gasteiger partial charge is 0.386 e. The number of benzene rings is 1. The number of amides is 1. The smallest absolute Gasteiger partial charge is 0.237 e. The van der Waals surface area contributed by atoms with Crippen molar-refractivity contribution in [1.82, 2.24) is 10.2 Å². The number of aliphatic hydroxyl groups is 1. The van der Waals surface area contributed by atoms with E-state index in [1.54, 1.807) is 0 Å². The molecule has 4 heteroatoms. The van der Waals surface area contributed by atoms with Gasteiger partial charge in [-0.25, -0.2) is 0 Å². The van der Waals surface area contributed by atoms with Gasteiger partial charge in [0.25, 0.3) is 0 Å². The van der Waals surface area contributed by atoms with E-state index in [2.05, 4.69) is 10.2 Å². The van der Waals surface area contributed by atoms with Crippen LogP contribution < -0.4 is 5.32 Å². The van der Waals surface area contributed by atoms with Gasteiger partial charge in [-0.1, -0.05) is 30.3 Å². The van der Waals surface area contributed by atoms with E-state index in [0.29, 0.717) is 0 Å². The molecule has 1 aromatic rings. The molecule has 1 aliphatic rings. The second kappa shape index (κ2) is 6.17. The number of likely N-dealkylation sites (tertiary alicyclic amines) is 1. The van der Waals surface area contributed by atoms with Gasteiger partial charge in [0.2, 0.25) is 5.91 Å². The fourth-order valence-corrected chi connectivity index (χ4v) is 2.58.